The number of rotatable bonds is 4. The summed E-state index contributed by atoms with van der Waals surface area (Å²) >= 11 is 3.17. The number of nitrogens with one attached hydrogen (secondary N) is 2. The van der Waals surface area contributed by atoms with E-state index >= 15 is 0 Å². The first-order chi connectivity index (χ1) is 15.7. The van der Waals surface area contributed by atoms with E-state index < -0.39 is 0 Å². The summed E-state index contributed by atoms with van der Waals surface area (Å²) in [5.41, 5.74) is 1.82. The summed E-state index contributed by atoms with van der Waals surface area (Å²) in [5.74, 6) is -0.325. The molecule has 0 unspecified atom stereocenters. The van der Waals surface area contributed by atoms with Gasteiger partial charge < -0.3 is 15.5 Å². The number of thiazole rings is 1. The minimum Gasteiger partial charge on any atom is -0.348 e. The van der Waals surface area contributed by atoms with Crippen molar-refractivity contribution < 1.29 is 9.59 Å². The van der Waals surface area contributed by atoms with Crippen LogP contribution in [0.3, 0.4) is 0 Å². The van der Waals surface area contributed by atoms with Crippen LogP contribution in [0.1, 0.15) is 51.3 Å². The number of hydrogen-bond donors (Lipinski definition) is 2. The molecule has 32 heavy (non-hydrogen) atoms. The van der Waals surface area contributed by atoms with Crippen LogP contribution in [0.5, 0.6) is 0 Å². The molecule has 2 aliphatic rings. The normalized spacial score (nSPS) is 15.8. The van der Waals surface area contributed by atoms with E-state index in [9.17, 15) is 9.59 Å². The molecular formula is C24H24N4O2S2. The van der Waals surface area contributed by atoms with Gasteiger partial charge in [0.1, 0.15) is 0 Å². The second-order valence-corrected chi connectivity index (χ2v) is 10.1. The average molecular weight is 465 g/mol. The average Bonchev–Trinajstić information content (AvgIpc) is 3.03. The Labute approximate surface area is 195 Å². The quantitative estimate of drug-likeness (QED) is 0.557. The van der Waals surface area contributed by atoms with Crippen molar-refractivity contribution >= 4 is 45.7 Å². The molecule has 3 aromatic rings. The zero-order valence-corrected chi connectivity index (χ0v) is 19.2. The lowest BCUT2D eigenvalue weighted by Crippen LogP contribution is -2.23. The van der Waals surface area contributed by atoms with Gasteiger partial charge in [-0.3, -0.25) is 9.59 Å². The maximum absolute atomic E-state index is 12.8. The molecule has 8 heteroatoms. The molecule has 164 valence electrons. The summed E-state index contributed by atoms with van der Waals surface area (Å²) in [6.07, 6.45) is 6.86. The van der Waals surface area contributed by atoms with E-state index in [1.165, 1.54) is 37.4 Å². The summed E-state index contributed by atoms with van der Waals surface area (Å²) in [6.45, 7) is 2.55. The molecule has 2 aliphatic heterocycles. The van der Waals surface area contributed by atoms with Crippen LogP contribution in [0.4, 0.5) is 10.8 Å². The van der Waals surface area contributed by atoms with Crippen LogP contribution in [-0.4, -0.2) is 29.9 Å². The smallest absolute Gasteiger partial charge is 0.256 e. The molecule has 0 aliphatic carbocycles. The highest BCUT2D eigenvalue weighted by molar-refractivity contribution is 7.99. The van der Waals surface area contributed by atoms with Gasteiger partial charge in [-0.2, -0.15) is 0 Å². The van der Waals surface area contributed by atoms with Crippen molar-refractivity contribution in [3.63, 3.8) is 0 Å². The van der Waals surface area contributed by atoms with Crippen LogP contribution in [0.25, 0.3) is 0 Å². The molecule has 1 fully saturated rings. The number of benzene rings is 2. The SMILES string of the molecule is O=C(NCc1cnc(N2CCCCCC2)s1)c1ccc2c(c1)NC(=O)c1ccccc1S2. The van der Waals surface area contributed by atoms with Crippen molar-refractivity contribution in [2.45, 2.75) is 42.0 Å². The number of nitrogens with zero attached hydrogens (tertiary/aromatic N) is 2. The van der Waals surface area contributed by atoms with Gasteiger partial charge in [0.2, 0.25) is 0 Å². The zero-order valence-electron chi connectivity index (χ0n) is 17.6. The number of amides is 2. The molecule has 0 atom stereocenters. The fourth-order valence-electron chi connectivity index (χ4n) is 3.97. The predicted molar refractivity (Wildman–Crippen MR) is 129 cm³/mol. The fourth-order valence-corrected chi connectivity index (χ4v) is 5.88. The third kappa shape index (κ3) is 4.52. The zero-order chi connectivity index (χ0) is 21.9. The third-order valence-corrected chi connectivity index (χ3v) is 7.89. The second-order valence-electron chi connectivity index (χ2n) is 7.96. The van der Waals surface area contributed by atoms with Crippen LogP contribution in [-0.2, 0) is 6.54 Å². The molecule has 2 amide bonds. The molecule has 0 saturated carbocycles. The number of carbonyl (C=O) groups excluding carboxylic acids is 2. The lowest BCUT2D eigenvalue weighted by atomic mass is 10.1. The standard InChI is InChI=1S/C24H24N4O2S2/c29-22(25-14-17-15-26-24(31-17)28-11-5-1-2-6-12-28)16-9-10-21-19(13-16)27-23(30)18-7-3-4-8-20(18)32-21/h3-4,7-10,13,15H,1-2,5-6,11-12,14H2,(H,25,29)(H,27,30). The molecule has 1 saturated heterocycles. The van der Waals surface area contributed by atoms with Crippen molar-refractivity contribution in [1.82, 2.24) is 10.3 Å². The van der Waals surface area contributed by atoms with Gasteiger partial charge in [0.05, 0.1) is 17.8 Å². The highest BCUT2D eigenvalue weighted by Crippen LogP contribution is 2.39. The van der Waals surface area contributed by atoms with Gasteiger partial charge in [0.25, 0.3) is 11.8 Å². The summed E-state index contributed by atoms with van der Waals surface area (Å²) in [5, 5.41) is 6.97. The van der Waals surface area contributed by atoms with Crippen molar-refractivity contribution in [2.24, 2.45) is 0 Å². The Hall–Kier alpha value is -2.84. The van der Waals surface area contributed by atoms with Crippen LogP contribution in [0.15, 0.2) is 58.5 Å². The Bertz CT molecular complexity index is 1150. The number of aromatic nitrogens is 1. The molecule has 6 nitrogen and oxygen atoms in total. The van der Waals surface area contributed by atoms with E-state index in [0.717, 1.165) is 32.9 Å². The Kier molecular flexibility index (Phi) is 6.14. The number of fused-ring (bicyclic) bond motifs is 2. The number of anilines is 2. The van der Waals surface area contributed by atoms with Gasteiger partial charge in [-0.15, -0.1) is 11.3 Å². The summed E-state index contributed by atoms with van der Waals surface area (Å²) < 4.78 is 0. The van der Waals surface area contributed by atoms with Gasteiger partial charge in [-0.25, -0.2) is 4.98 Å². The van der Waals surface area contributed by atoms with Crippen molar-refractivity contribution in [3.8, 4) is 0 Å². The minimum absolute atomic E-state index is 0.157. The molecule has 2 aromatic carbocycles. The fraction of sp³-hybridized carbons (Fsp3) is 0.292. The molecule has 3 heterocycles. The first-order valence-corrected chi connectivity index (χ1v) is 12.5. The minimum atomic E-state index is -0.168. The molecule has 5 rings (SSSR count). The van der Waals surface area contributed by atoms with Crippen LogP contribution in [0, 0.1) is 0 Å². The van der Waals surface area contributed by atoms with E-state index in [0.29, 0.717) is 23.4 Å². The molecule has 0 radical (unpaired) electrons. The Morgan fingerprint density at radius 2 is 1.88 bits per heavy atom. The monoisotopic (exact) mass is 464 g/mol. The van der Waals surface area contributed by atoms with E-state index in [1.807, 2.05) is 36.5 Å². The molecular weight excluding hydrogens is 440 g/mol. The Morgan fingerprint density at radius 3 is 2.72 bits per heavy atom. The largest absolute Gasteiger partial charge is 0.348 e. The lowest BCUT2D eigenvalue weighted by molar-refractivity contribution is 0.0949. The van der Waals surface area contributed by atoms with Crippen molar-refractivity contribution in [1.29, 1.82) is 0 Å². The third-order valence-electron chi connectivity index (χ3n) is 5.68. The first-order valence-electron chi connectivity index (χ1n) is 10.9. The summed E-state index contributed by atoms with van der Waals surface area (Å²) in [6, 6.07) is 13.0. The number of hydrogen-bond acceptors (Lipinski definition) is 6. The summed E-state index contributed by atoms with van der Waals surface area (Å²) in [7, 11) is 0. The van der Waals surface area contributed by atoms with Gasteiger partial charge in [-0.1, -0.05) is 36.7 Å². The van der Waals surface area contributed by atoms with Gasteiger partial charge in [-0.05, 0) is 43.2 Å². The van der Waals surface area contributed by atoms with E-state index in [2.05, 4.69) is 20.5 Å². The molecule has 0 bridgehead atoms. The molecule has 0 spiro atoms. The molecule has 1 aromatic heterocycles. The van der Waals surface area contributed by atoms with Crippen LogP contribution >= 0.6 is 23.1 Å². The maximum atomic E-state index is 12.8. The van der Waals surface area contributed by atoms with Gasteiger partial charge >= 0.3 is 0 Å². The van der Waals surface area contributed by atoms with E-state index in [-0.39, 0.29) is 11.8 Å². The highest BCUT2D eigenvalue weighted by atomic mass is 32.2. The van der Waals surface area contributed by atoms with Crippen LogP contribution in [0.2, 0.25) is 0 Å². The van der Waals surface area contributed by atoms with Crippen molar-refractivity contribution in [2.75, 3.05) is 23.3 Å². The second kappa shape index (κ2) is 9.34. The van der Waals surface area contributed by atoms with Gasteiger partial charge in [0.15, 0.2) is 5.13 Å². The number of carbonyl (C=O) groups is 2. The van der Waals surface area contributed by atoms with E-state index in [4.69, 9.17) is 0 Å². The maximum Gasteiger partial charge on any atom is 0.256 e. The molecule has 2 N–H and O–H groups in total. The predicted octanol–water partition coefficient (Wildman–Crippen LogP) is 5.17. The van der Waals surface area contributed by atoms with Crippen molar-refractivity contribution in [3.05, 3.63) is 64.7 Å². The summed E-state index contributed by atoms with van der Waals surface area (Å²) in [4.78, 5) is 35.2. The van der Waals surface area contributed by atoms with Gasteiger partial charge in [0, 0.05) is 39.5 Å². The highest BCUT2D eigenvalue weighted by Gasteiger charge is 2.21. The van der Waals surface area contributed by atoms with E-state index in [1.54, 1.807) is 23.5 Å². The van der Waals surface area contributed by atoms with Crippen LogP contribution < -0.4 is 15.5 Å². The topological polar surface area (TPSA) is 74.3 Å². The Morgan fingerprint density at radius 1 is 1.06 bits per heavy atom. The lowest BCUT2D eigenvalue weighted by Gasteiger charge is -2.18. The Balaban J connectivity index is 1.25. The first kappa shape index (κ1) is 21.0.